The van der Waals surface area contributed by atoms with Crippen LogP contribution in [0.15, 0.2) is 40.8 Å². The van der Waals surface area contributed by atoms with Crippen LogP contribution in [0, 0.1) is 0 Å². The highest BCUT2D eigenvalue weighted by Gasteiger charge is 2.33. The molecule has 2 heterocycles. The van der Waals surface area contributed by atoms with Crippen LogP contribution in [0.1, 0.15) is 37.0 Å². The lowest BCUT2D eigenvalue weighted by molar-refractivity contribution is -0.0397. The van der Waals surface area contributed by atoms with Crippen LogP contribution in [0.25, 0.3) is 22.6 Å². The van der Waals surface area contributed by atoms with Gasteiger partial charge in [0.1, 0.15) is 11.1 Å². The van der Waals surface area contributed by atoms with Crippen LogP contribution in [-0.4, -0.2) is 41.1 Å². The third-order valence-electron chi connectivity index (χ3n) is 5.43. The van der Waals surface area contributed by atoms with Gasteiger partial charge in [-0.3, -0.25) is 0 Å². The fourth-order valence-corrected chi connectivity index (χ4v) is 4.11. The topological polar surface area (TPSA) is 55.6 Å². The molecular weight excluding hydrogens is 411 g/mol. The number of hydrogen-bond donors (Lipinski definition) is 0. The molecule has 29 heavy (non-hydrogen) atoms. The second-order valence-electron chi connectivity index (χ2n) is 7.63. The maximum Gasteiger partial charge on any atom is 0.338 e. The van der Waals surface area contributed by atoms with Crippen LogP contribution in [-0.2, 0) is 4.74 Å². The largest absolute Gasteiger partial charge is 0.456 e. The minimum absolute atomic E-state index is 0.344. The lowest BCUT2D eigenvalue weighted by Crippen LogP contribution is -2.45. The highest BCUT2D eigenvalue weighted by molar-refractivity contribution is 6.35. The molecule has 1 aliphatic heterocycles. The van der Waals surface area contributed by atoms with E-state index in [1.54, 1.807) is 36.4 Å². The number of carbonyl (C=O) groups is 1. The molecule has 0 atom stereocenters. The van der Waals surface area contributed by atoms with E-state index < -0.39 is 5.60 Å². The molecule has 1 aromatic heterocycles. The highest BCUT2D eigenvalue weighted by atomic mass is 35.5. The Labute approximate surface area is 179 Å². The number of aromatic nitrogens is 1. The monoisotopic (exact) mass is 432 g/mol. The molecule has 2 aromatic carbocycles. The van der Waals surface area contributed by atoms with Gasteiger partial charge in [-0.25, -0.2) is 9.78 Å². The summed E-state index contributed by atoms with van der Waals surface area (Å²) in [6.07, 6.45) is 1.66. The van der Waals surface area contributed by atoms with Crippen LogP contribution in [0.3, 0.4) is 0 Å². The summed E-state index contributed by atoms with van der Waals surface area (Å²) in [6, 6.07) is 10.3. The van der Waals surface area contributed by atoms with E-state index in [0.29, 0.717) is 38.2 Å². The number of nitrogens with zero attached hydrogens (tertiary/aromatic N) is 2. The van der Waals surface area contributed by atoms with Crippen LogP contribution in [0.5, 0.6) is 0 Å². The Morgan fingerprint density at radius 1 is 1.17 bits per heavy atom. The Balaban J connectivity index is 1.55. The molecule has 0 amide bonds. The SMILES string of the molecule is CCN1CCC(C)(OC(=O)c2ccc3nc(-c4cc(Cl)cc(Cl)c4)oc3c2)CC1. The number of benzene rings is 2. The molecule has 0 radical (unpaired) electrons. The van der Waals surface area contributed by atoms with Gasteiger partial charge in [-0.1, -0.05) is 30.1 Å². The number of rotatable bonds is 4. The van der Waals surface area contributed by atoms with Crippen molar-refractivity contribution in [2.24, 2.45) is 0 Å². The molecule has 0 saturated carbocycles. The Bertz CT molecular complexity index is 1040. The molecule has 4 rings (SSSR count). The van der Waals surface area contributed by atoms with Gasteiger partial charge < -0.3 is 14.1 Å². The number of likely N-dealkylation sites (tertiary alicyclic amines) is 1. The first-order chi connectivity index (χ1) is 13.8. The van der Waals surface area contributed by atoms with Gasteiger partial charge in [-0.05, 0) is 62.7 Å². The predicted molar refractivity (Wildman–Crippen MR) is 115 cm³/mol. The summed E-state index contributed by atoms with van der Waals surface area (Å²) in [4.78, 5) is 19.6. The van der Waals surface area contributed by atoms with Crippen LogP contribution >= 0.6 is 23.2 Å². The number of halogens is 2. The van der Waals surface area contributed by atoms with Gasteiger partial charge in [-0.2, -0.15) is 0 Å². The van der Waals surface area contributed by atoms with Crippen molar-refractivity contribution in [3.63, 3.8) is 0 Å². The summed E-state index contributed by atoms with van der Waals surface area (Å²) < 4.78 is 11.7. The predicted octanol–water partition coefficient (Wildman–Crippen LogP) is 5.83. The lowest BCUT2D eigenvalue weighted by atomic mass is 9.93. The summed E-state index contributed by atoms with van der Waals surface area (Å²) in [7, 11) is 0. The number of piperidine rings is 1. The minimum Gasteiger partial charge on any atom is -0.456 e. The molecular formula is C22H22Cl2N2O3. The average Bonchev–Trinajstić information content (AvgIpc) is 3.11. The number of carbonyl (C=O) groups excluding carboxylic acids is 1. The highest BCUT2D eigenvalue weighted by Crippen LogP contribution is 2.31. The summed E-state index contributed by atoms with van der Waals surface area (Å²) in [5.74, 6) is 0.0527. The quantitative estimate of drug-likeness (QED) is 0.485. The summed E-state index contributed by atoms with van der Waals surface area (Å²) in [5.41, 5.74) is 1.84. The van der Waals surface area contributed by atoms with Crippen molar-refractivity contribution in [3.8, 4) is 11.5 Å². The molecule has 0 spiro atoms. The van der Waals surface area contributed by atoms with E-state index in [4.69, 9.17) is 32.4 Å². The fraction of sp³-hybridized carbons (Fsp3) is 0.364. The first kappa shape index (κ1) is 20.2. The summed E-state index contributed by atoms with van der Waals surface area (Å²) in [6.45, 7) is 7.05. The van der Waals surface area contributed by atoms with Crippen LogP contribution in [0.4, 0.5) is 0 Å². The Morgan fingerprint density at radius 2 is 1.86 bits per heavy atom. The standard InChI is InChI=1S/C22H22Cl2N2O3/c1-3-26-8-6-22(2,7-9-26)29-21(27)14-4-5-18-19(12-14)28-20(25-18)15-10-16(23)13-17(24)11-15/h4-5,10-13H,3,6-9H2,1-2H3. The number of ether oxygens (including phenoxy) is 1. The molecule has 0 bridgehead atoms. The number of oxazole rings is 1. The third kappa shape index (κ3) is 4.42. The molecule has 3 aromatic rings. The molecule has 7 heteroatoms. The van der Waals surface area contributed by atoms with Gasteiger partial charge in [0.25, 0.3) is 0 Å². The maximum atomic E-state index is 12.7. The maximum absolute atomic E-state index is 12.7. The Hall–Kier alpha value is -2.08. The van der Waals surface area contributed by atoms with E-state index in [9.17, 15) is 4.79 Å². The van der Waals surface area contributed by atoms with Crippen LogP contribution in [0.2, 0.25) is 10.0 Å². The normalized spacial score (nSPS) is 16.8. The van der Waals surface area contributed by atoms with Gasteiger partial charge in [0.05, 0.1) is 5.56 Å². The van der Waals surface area contributed by atoms with Crippen molar-refractivity contribution in [1.82, 2.24) is 9.88 Å². The zero-order chi connectivity index (χ0) is 20.6. The van der Waals surface area contributed by atoms with Gasteiger partial charge in [-0.15, -0.1) is 0 Å². The van der Waals surface area contributed by atoms with Crippen molar-refractivity contribution < 1.29 is 13.9 Å². The number of fused-ring (bicyclic) bond motifs is 1. The zero-order valence-corrected chi connectivity index (χ0v) is 17.9. The van der Waals surface area contributed by atoms with Gasteiger partial charge in [0, 0.05) is 28.7 Å². The molecule has 0 aliphatic carbocycles. The van der Waals surface area contributed by atoms with E-state index in [1.165, 1.54) is 0 Å². The second-order valence-corrected chi connectivity index (χ2v) is 8.51. The van der Waals surface area contributed by atoms with Gasteiger partial charge in [0.2, 0.25) is 5.89 Å². The average molecular weight is 433 g/mol. The molecule has 1 saturated heterocycles. The number of esters is 1. The Kier molecular flexibility index (Phi) is 5.56. The lowest BCUT2D eigenvalue weighted by Gasteiger charge is -2.38. The van der Waals surface area contributed by atoms with E-state index in [-0.39, 0.29) is 5.97 Å². The van der Waals surface area contributed by atoms with E-state index in [1.807, 2.05) is 6.92 Å². The van der Waals surface area contributed by atoms with Gasteiger partial charge >= 0.3 is 5.97 Å². The van der Waals surface area contributed by atoms with Crippen molar-refractivity contribution >= 4 is 40.3 Å². The summed E-state index contributed by atoms with van der Waals surface area (Å²) in [5, 5.41) is 1.00. The molecule has 152 valence electrons. The first-order valence-corrected chi connectivity index (χ1v) is 10.4. The van der Waals surface area contributed by atoms with Crippen molar-refractivity contribution in [2.75, 3.05) is 19.6 Å². The van der Waals surface area contributed by atoms with E-state index in [0.717, 1.165) is 32.5 Å². The summed E-state index contributed by atoms with van der Waals surface area (Å²) >= 11 is 12.1. The third-order valence-corrected chi connectivity index (χ3v) is 5.87. The van der Waals surface area contributed by atoms with Crippen molar-refractivity contribution in [3.05, 3.63) is 52.0 Å². The molecule has 5 nitrogen and oxygen atoms in total. The van der Waals surface area contributed by atoms with Crippen molar-refractivity contribution in [1.29, 1.82) is 0 Å². The zero-order valence-electron chi connectivity index (χ0n) is 16.4. The number of hydrogen-bond acceptors (Lipinski definition) is 5. The van der Waals surface area contributed by atoms with E-state index >= 15 is 0 Å². The van der Waals surface area contributed by atoms with E-state index in [2.05, 4.69) is 16.8 Å². The van der Waals surface area contributed by atoms with Gasteiger partial charge in [0.15, 0.2) is 5.58 Å². The molecule has 0 N–H and O–H groups in total. The molecule has 1 aliphatic rings. The fourth-order valence-electron chi connectivity index (χ4n) is 3.58. The molecule has 0 unspecified atom stereocenters. The second kappa shape index (κ2) is 7.98. The first-order valence-electron chi connectivity index (χ1n) is 9.68. The minimum atomic E-state index is -0.443. The smallest absolute Gasteiger partial charge is 0.338 e. The van der Waals surface area contributed by atoms with Crippen LogP contribution < -0.4 is 0 Å². The molecule has 1 fully saturated rings. The Morgan fingerprint density at radius 3 is 2.52 bits per heavy atom. The van der Waals surface area contributed by atoms with Crippen molar-refractivity contribution in [2.45, 2.75) is 32.3 Å².